The van der Waals surface area contributed by atoms with Crippen LogP contribution in [-0.2, 0) is 19.6 Å². The fourth-order valence-corrected chi connectivity index (χ4v) is 4.74. The molecule has 2 heterocycles. The number of ether oxygens (including phenoxy) is 3. The number of nitrogens with one attached hydrogen (secondary N) is 2. The van der Waals surface area contributed by atoms with Gasteiger partial charge in [0.2, 0.25) is 5.88 Å². The van der Waals surface area contributed by atoms with Crippen LogP contribution in [0.5, 0.6) is 11.5 Å². The zero-order valence-corrected chi connectivity index (χ0v) is 21.5. The Kier molecular flexibility index (Phi) is 7.19. The Morgan fingerprint density at radius 3 is 2.38 bits per heavy atom. The number of benzene rings is 3. The molecule has 1 aliphatic rings. The third-order valence-corrected chi connectivity index (χ3v) is 7.03. The third-order valence-electron chi connectivity index (χ3n) is 5.65. The van der Waals surface area contributed by atoms with Crippen molar-refractivity contribution in [3.8, 4) is 22.8 Å². The van der Waals surface area contributed by atoms with Gasteiger partial charge in [-0.2, -0.15) is 0 Å². The molecular weight excluding hydrogens is 526 g/mol. The summed E-state index contributed by atoms with van der Waals surface area (Å²) in [6, 6.07) is 19.1. The summed E-state index contributed by atoms with van der Waals surface area (Å²) in [5, 5.41) is 6.41. The summed E-state index contributed by atoms with van der Waals surface area (Å²) in [6.45, 7) is 2.14. The molecule has 0 aliphatic carbocycles. The van der Waals surface area contributed by atoms with E-state index in [1.165, 1.54) is 42.5 Å². The lowest BCUT2D eigenvalue weighted by atomic mass is 10.1. The molecule has 3 aromatic carbocycles. The van der Waals surface area contributed by atoms with Crippen molar-refractivity contribution in [1.82, 2.24) is 5.16 Å². The number of hydrogen-bond donors (Lipinski definition) is 2. The predicted molar refractivity (Wildman–Crippen MR) is 140 cm³/mol. The zero-order valence-electron chi connectivity index (χ0n) is 20.7. The number of fused-ring (bicyclic) bond motifs is 1. The van der Waals surface area contributed by atoms with Crippen molar-refractivity contribution >= 4 is 33.5 Å². The van der Waals surface area contributed by atoms with Gasteiger partial charge in [-0.15, -0.1) is 0 Å². The van der Waals surface area contributed by atoms with E-state index in [4.69, 9.17) is 18.7 Å². The standard InChI is InChI=1S/C27H23N3O8S/c1-17-2-4-18(5-3-17)22-15-26(38-29-22)28-25(31)16-37-27(32)19-6-8-20(9-7-19)30-39(33,34)21-10-11-23-24(14-21)36-13-12-35-23/h2-11,14-15,30H,12-13,16H2,1H3,(H,28,31). The quantitative estimate of drug-likeness (QED) is 0.311. The number of aromatic nitrogens is 1. The van der Waals surface area contributed by atoms with Crippen LogP contribution in [0.4, 0.5) is 11.6 Å². The normalized spacial score (nSPS) is 12.4. The molecule has 12 heteroatoms. The van der Waals surface area contributed by atoms with Crippen molar-refractivity contribution in [2.24, 2.45) is 0 Å². The number of aryl methyl sites for hydroxylation is 1. The molecule has 0 atom stereocenters. The fraction of sp³-hybridized carbons (Fsp3) is 0.148. The maximum atomic E-state index is 12.8. The number of anilines is 2. The highest BCUT2D eigenvalue weighted by atomic mass is 32.2. The highest BCUT2D eigenvalue weighted by molar-refractivity contribution is 7.92. The fourth-order valence-electron chi connectivity index (χ4n) is 3.66. The summed E-state index contributed by atoms with van der Waals surface area (Å²) in [6.07, 6.45) is 0. The van der Waals surface area contributed by atoms with Crippen LogP contribution in [0, 0.1) is 6.92 Å². The summed E-state index contributed by atoms with van der Waals surface area (Å²) < 4.78 is 49.0. The number of carbonyl (C=O) groups is 2. The van der Waals surface area contributed by atoms with E-state index in [9.17, 15) is 18.0 Å². The smallest absolute Gasteiger partial charge is 0.338 e. The summed E-state index contributed by atoms with van der Waals surface area (Å²) in [5.74, 6) is -0.435. The average Bonchev–Trinajstić information content (AvgIpc) is 3.40. The first-order valence-corrected chi connectivity index (χ1v) is 13.3. The largest absolute Gasteiger partial charge is 0.486 e. The SMILES string of the molecule is Cc1ccc(-c2cc(NC(=O)COC(=O)c3ccc(NS(=O)(=O)c4ccc5c(c4)OCCO5)cc3)on2)cc1. The molecule has 200 valence electrons. The minimum atomic E-state index is -3.92. The van der Waals surface area contributed by atoms with Crippen LogP contribution in [0.25, 0.3) is 11.3 Å². The highest BCUT2D eigenvalue weighted by Crippen LogP contribution is 2.32. The second kappa shape index (κ2) is 10.9. The Balaban J connectivity index is 1.14. The van der Waals surface area contributed by atoms with Gasteiger partial charge in [0.15, 0.2) is 18.1 Å². The average molecular weight is 550 g/mol. The number of esters is 1. The van der Waals surface area contributed by atoms with Crippen LogP contribution in [0.15, 0.2) is 82.2 Å². The van der Waals surface area contributed by atoms with Crippen LogP contribution < -0.4 is 19.5 Å². The number of rotatable bonds is 8. The van der Waals surface area contributed by atoms with Gasteiger partial charge in [0.25, 0.3) is 15.9 Å². The molecule has 0 bridgehead atoms. The van der Waals surface area contributed by atoms with Gasteiger partial charge in [0.05, 0.1) is 10.5 Å². The van der Waals surface area contributed by atoms with Gasteiger partial charge in [-0.3, -0.25) is 14.8 Å². The van der Waals surface area contributed by atoms with E-state index < -0.39 is 28.5 Å². The second-order valence-corrected chi connectivity index (χ2v) is 10.2. The summed E-state index contributed by atoms with van der Waals surface area (Å²) in [5.41, 5.74) is 2.84. The van der Waals surface area contributed by atoms with Crippen molar-refractivity contribution < 1.29 is 36.7 Å². The molecule has 5 rings (SSSR count). The molecule has 39 heavy (non-hydrogen) atoms. The van der Waals surface area contributed by atoms with Crippen molar-refractivity contribution in [1.29, 1.82) is 0 Å². The Morgan fingerprint density at radius 1 is 0.923 bits per heavy atom. The van der Waals surface area contributed by atoms with E-state index in [1.807, 2.05) is 31.2 Å². The number of nitrogens with zero attached hydrogens (tertiary/aromatic N) is 1. The number of sulfonamides is 1. The molecule has 0 unspecified atom stereocenters. The van der Waals surface area contributed by atoms with Crippen LogP contribution >= 0.6 is 0 Å². The molecule has 4 aromatic rings. The lowest BCUT2D eigenvalue weighted by Crippen LogP contribution is -2.20. The molecule has 1 aliphatic heterocycles. The topological polar surface area (TPSA) is 146 Å². The van der Waals surface area contributed by atoms with Crippen molar-refractivity contribution in [3.05, 3.63) is 83.9 Å². The van der Waals surface area contributed by atoms with Gasteiger partial charge in [0.1, 0.15) is 18.9 Å². The van der Waals surface area contributed by atoms with Gasteiger partial charge in [-0.1, -0.05) is 35.0 Å². The molecule has 1 amide bonds. The first kappa shape index (κ1) is 25.8. The number of amides is 1. The van der Waals surface area contributed by atoms with Crippen molar-refractivity contribution in [2.45, 2.75) is 11.8 Å². The lowest BCUT2D eigenvalue weighted by Gasteiger charge is -2.19. The van der Waals surface area contributed by atoms with Crippen molar-refractivity contribution in [2.75, 3.05) is 29.9 Å². The molecular formula is C27H23N3O8S. The van der Waals surface area contributed by atoms with E-state index in [0.29, 0.717) is 30.4 Å². The minimum Gasteiger partial charge on any atom is -0.486 e. The molecule has 0 radical (unpaired) electrons. The highest BCUT2D eigenvalue weighted by Gasteiger charge is 2.20. The Hall–Kier alpha value is -4.84. The molecule has 0 fully saturated rings. The lowest BCUT2D eigenvalue weighted by molar-refractivity contribution is -0.119. The number of hydrogen-bond acceptors (Lipinski definition) is 9. The third kappa shape index (κ3) is 6.18. The van der Waals surface area contributed by atoms with E-state index in [0.717, 1.165) is 11.1 Å². The summed E-state index contributed by atoms with van der Waals surface area (Å²) in [4.78, 5) is 24.6. The molecule has 2 N–H and O–H groups in total. The summed E-state index contributed by atoms with van der Waals surface area (Å²) in [7, 11) is -3.92. The van der Waals surface area contributed by atoms with Gasteiger partial charge in [-0.25, -0.2) is 13.2 Å². The van der Waals surface area contributed by atoms with Gasteiger partial charge >= 0.3 is 5.97 Å². The maximum Gasteiger partial charge on any atom is 0.338 e. The van der Waals surface area contributed by atoms with Gasteiger partial charge in [-0.05, 0) is 43.3 Å². The Bertz CT molecular complexity index is 1610. The van der Waals surface area contributed by atoms with Crippen molar-refractivity contribution in [3.63, 3.8) is 0 Å². The van der Waals surface area contributed by atoms with Gasteiger partial charge < -0.3 is 18.7 Å². The second-order valence-electron chi connectivity index (χ2n) is 8.56. The maximum absolute atomic E-state index is 12.8. The van der Waals surface area contributed by atoms with E-state index in [2.05, 4.69) is 15.2 Å². The molecule has 11 nitrogen and oxygen atoms in total. The van der Waals surface area contributed by atoms with Crippen LogP contribution in [0.2, 0.25) is 0 Å². The van der Waals surface area contributed by atoms with E-state index in [-0.39, 0.29) is 22.0 Å². The number of carbonyl (C=O) groups excluding carboxylic acids is 2. The zero-order chi connectivity index (χ0) is 27.4. The summed E-state index contributed by atoms with van der Waals surface area (Å²) >= 11 is 0. The first-order valence-electron chi connectivity index (χ1n) is 11.8. The monoisotopic (exact) mass is 549 g/mol. The van der Waals surface area contributed by atoms with Crippen LogP contribution in [0.3, 0.4) is 0 Å². The predicted octanol–water partition coefficient (Wildman–Crippen LogP) is 4.02. The Morgan fingerprint density at radius 2 is 1.64 bits per heavy atom. The molecule has 0 spiro atoms. The van der Waals surface area contributed by atoms with E-state index in [1.54, 1.807) is 6.07 Å². The molecule has 0 saturated carbocycles. The molecule has 0 saturated heterocycles. The first-order chi connectivity index (χ1) is 18.8. The minimum absolute atomic E-state index is 0.000933. The van der Waals surface area contributed by atoms with Crippen LogP contribution in [-0.4, -0.2) is 45.3 Å². The molecule has 1 aromatic heterocycles. The van der Waals surface area contributed by atoms with Gasteiger partial charge in [0, 0.05) is 23.4 Å². The Labute approximate surface area is 223 Å². The van der Waals surface area contributed by atoms with Crippen LogP contribution in [0.1, 0.15) is 15.9 Å². The van der Waals surface area contributed by atoms with E-state index >= 15 is 0 Å².